The van der Waals surface area contributed by atoms with Gasteiger partial charge in [-0.25, -0.2) is 17.6 Å². The fourth-order valence-electron chi connectivity index (χ4n) is 2.23. The average molecular weight is 501 g/mol. The Morgan fingerprint density at radius 1 is 1.12 bits per heavy atom. The van der Waals surface area contributed by atoms with Crippen molar-refractivity contribution in [2.24, 2.45) is 4.99 Å². The maximum atomic E-state index is 13.7. The molecule has 2 N–H and O–H groups in total. The van der Waals surface area contributed by atoms with Crippen LogP contribution < -0.4 is 10.6 Å². The molecule has 0 saturated carbocycles. The smallest absolute Gasteiger partial charge is 0.191 e. The highest BCUT2D eigenvalue weighted by molar-refractivity contribution is 14.0. The Kier molecular flexibility index (Phi) is 8.32. The van der Waals surface area contributed by atoms with E-state index < -0.39 is 35.4 Å². The number of halogens is 5. The number of benzene rings is 1. The van der Waals surface area contributed by atoms with E-state index >= 15 is 0 Å². The van der Waals surface area contributed by atoms with E-state index in [9.17, 15) is 17.6 Å². The van der Waals surface area contributed by atoms with Gasteiger partial charge < -0.3 is 10.6 Å². The van der Waals surface area contributed by atoms with Crippen LogP contribution in [0.4, 0.5) is 17.6 Å². The molecule has 3 nitrogen and oxygen atoms in total. The van der Waals surface area contributed by atoms with Gasteiger partial charge in [-0.15, -0.1) is 35.3 Å². The van der Waals surface area contributed by atoms with Gasteiger partial charge in [-0.05, 0) is 11.4 Å². The normalized spacial score (nSPS) is 11.9. The predicted octanol–water partition coefficient (Wildman–Crippen LogP) is 4.57. The van der Waals surface area contributed by atoms with Crippen LogP contribution in [0.1, 0.15) is 24.3 Å². The molecule has 2 aromatic rings. The van der Waals surface area contributed by atoms with Crippen molar-refractivity contribution in [3.05, 3.63) is 57.3 Å². The second-order valence-electron chi connectivity index (χ2n) is 6.09. The number of nitrogens with one attached hydrogen (secondary N) is 2. The van der Waals surface area contributed by atoms with Crippen LogP contribution in [0.2, 0.25) is 0 Å². The first-order valence-corrected chi connectivity index (χ1v) is 8.44. The van der Waals surface area contributed by atoms with E-state index in [-0.39, 0.29) is 41.4 Å². The lowest BCUT2D eigenvalue weighted by molar-refractivity contribution is 0.436. The third-order valence-corrected chi connectivity index (χ3v) is 4.98. The lowest BCUT2D eigenvalue weighted by Gasteiger charge is -2.25. The molecule has 26 heavy (non-hydrogen) atoms. The highest BCUT2D eigenvalue weighted by atomic mass is 127. The number of rotatable bonds is 5. The molecule has 0 fully saturated rings. The molecular formula is C17H20F4IN3S. The number of hydrogen-bond acceptors (Lipinski definition) is 2. The first-order valence-electron chi connectivity index (χ1n) is 7.56. The molecule has 2 rings (SSSR count). The van der Waals surface area contributed by atoms with E-state index in [4.69, 9.17) is 0 Å². The minimum Gasteiger partial charge on any atom is -0.356 e. The molecular weight excluding hydrogens is 481 g/mol. The Bertz CT molecular complexity index is 738. The van der Waals surface area contributed by atoms with Crippen molar-refractivity contribution in [1.82, 2.24) is 10.6 Å². The van der Waals surface area contributed by atoms with E-state index in [2.05, 4.69) is 15.6 Å². The second-order valence-corrected chi connectivity index (χ2v) is 7.03. The molecule has 1 aromatic carbocycles. The summed E-state index contributed by atoms with van der Waals surface area (Å²) in [6.45, 7) is 4.15. The summed E-state index contributed by atoms with van der Waals surface area (Å²) < 4.78 is 53.8. The van der Waals surface area contributed by atoms with Crippen LogP contribution in [0.5, 0.6) is 0 Å². The molecule has 0 bridgehead atoms. The Hall–Kier alpha value is -1.36. The van der Waals surface area contributed by atoms with Crippen molar-refractivity contribution in [1.29, 1.82) is 0 Å². The van der Waals surface area contributed by atoms with E-state index in [0.29, 0.717) is 6.54 Å². The van der Waals surface area contributed by atoms with Crippen LogP contribution in [0.25, 0.3) is 0 Å². The summed E-state index contributed by atoms with van der Waals surface area (Å²) in [5.41, 5.74) is -0.897. The molecule has 0 radical (unpaired) electrons. The molecule has 0 aliphatic rings. The van der Waals surface area contributed by atoms with Crippen molar-refractivity contribution in [2.45, 2.75) is 25.8 Å². The SMILES string of the molecule is CN=C(NCc1c(F)c(F)cc(F)c1F)NCC(C)(C)c1cccs1.I. The molecule has 0 atom stereocenters. The quantitative estimate of drug-likeness (QED) is 0.207. The van der Waals surface area contributed by atoms with Crippen LogP contribution in [-0.4, -0.2) is 19.6 Å². The molecule has 1 heterocycles. The Labute approximate surface area is 170 Å². The van der Waals surface area contributed by atoms with E-state index in [1.54, 1.807) is 11.3 Å². The molecule has 0 amide bonds. The van der Waals surface area contributed by atoms with Gasteiger partial charge >= 0.3 is 0 Å². The topological polar surface area (TPSA) is 36.4 Å². The van der Waals surface area contributed by atoms with Gasteiger partial charge in [-0.3, -0.25) is 4.99 Å². The third-order valence-electron chi connectivity index (χ3n) is 3.74. The van der Waals surface area contributed by atoms with Gasteiger partial charge in [0.2, 0.25) is 0 Å². The van der Waals surface area contributed by atoms with Crippen LogP contribution >= 0.6 is 35.3 Å². The fraction of sp³-hybridized carbons (Fsp3) is 0.353. The third kappa shape index (κ3) is 5.32. The second kappa shape index (κ2) is 9.54. The van der Waals surface area contributed by atoms with Gasteiger partial charge in [0, 0.05) is 42.1 Å². The summed E-state index contributed by atoms with van der Waals surface area (Å²) in [5, 5.41) is 7.70. The van der Waals surface area contributed by atoms with Crippen molar-refractivity contribution in [2.75, 3.05) is 13.6 Å². The van der Waals surface area contributed by atoms with E-state index in [1.807, 2.05) is 31.4 Å². The van der Waals surface area contributed by atoms with Gasteiger partial charge in [-0.2, -0.15) is 0 Å². The number of aliphatic imine (C=N–C) groups is 1. The van der Waals surface area contributed by atoms with E-state index in [0.717, 1.165) is 0 Å². The van der Waals surface area contributed by atoms with Gasteiger partial charge in [0.1, 0.15) is 0 Å². The van der Waals surface area contributed by atoms with Gasteiger partial charge in [0.25, 0.3) is 0 Å². The number of thiophene rings is 1. The van der Waals surface area contributed by atoms with Crippen LogP contribution in [0, 0.1) is 23.3 Å². The minimum atomic E-state index is -1.43. The molecule has 0 aliphatic carbocycles. The Balaban J connectivity index is 0.00000338. The lowest BCUT2D eigenvalue weighted by Crippen LogP contribution is -2.43. The monoisotopic (exact) mass is 501 g/mol. The molecule has 144 valence electrons. The van der Waals surface area contributed by atoms with Crippen LogP contribution in [-0.2, 0) is 12.0 Å². The van der Waals surface area contributed by atoms with Crippen LogP contribution in [0.15, 0.2) is 28.6 Å². The molecule has 0 aliphatic heterocycles. The lowest BCUT2D eigenvalue weighted by atomic mass is 9.91. The number of hydrogen-bond donors (Lipinski definition) is 2. The number of nitrogens with zero attached hydrogens (tertiary/aromatic N) is 1. The number of guanidine groups is 1. The summed E-state index contributed by atoms with van der Waals surface area (Å²) >= 11 is 1.62. The highest BCUT2D eigenvalue weighted by Gasteiger charge is 2.23. The Morgan fingerprint density at radius 2 is 1.73 bits per heavy atom. The summed E-state index contributed by atoms with van der Waals surface area (Å²) in [6.07, 6.45) is 0. The van der Waals surface area contributed by atoms with Gasteiger partial charge in [0.15, 0.2) is 29.2 Å². The van der Waals surface area contributed by atoms with E-state index in [1.165, 1.54) is 11.9 Å². The first-order chi connectivity index (χ1) is 11.8. The summed E-state index contributed by atoms with van der Waals surface area (Å²) in [6, 6.07) is 4.16. The molecule has 9 heteroatoms. The van der Waals surface area contributed by atoms with Crippen molar-refractivity contribution < 1.29 is 17.6 Å². The zero-order valence-corrected chi connectivity index (χ0v) is 17.6. The van der Waals surface area contributed by atoms with Crippen molar-refractivity contribution >= 4 is 41.3 Å². The highest BCUT2D eigenvalue weighted by Crippen LogP contribution is 2.26. The molecule has 1 aromatic heterocycles. The Morgan fingerprint density at radius 3 is 2.23 bits per heavy atom. The standard InChI is InChI=1S/C17H19F4N3S.HI/c1-17(2,13-5-4-6-25-13)9-24-16(22-3)23-8-10-14(20)11(18)7-12(19)15(10)21;/h4-7H,8-9H2,1-3H3,(H2,22,23,24);1H. The average Bonchev–Trinajstić information content (AvgIpc) is 3.11. The molecule has 0 saturated heterocycles. The zero-order valence-electron chi connectivity index (χ0n) is 14.5. The van der Waals surface area contributed by atoms with Crippen molar-refractivity contribution in [3.8, 4) is 0 Å². The predicted molar refractivity (Wildman–Crippen MR) is 107 cm³/mol. The summed E-state index contributed by atoms with van der Waals surface area (Å²) in [4.78, 5) is 5.12. The first kappa shape index (κ1) is 22.7. The summed E-state index contributed by atoms with van der Waals surface area (Å²) in [7, 11) is 1.49. The maximum Gasteiger partial charge on any atom is 0.191 e. The minimum absolute atomic E-state index is 0. The van der Waals surface area contributed by atoms with Crippen molar-refractivity contribution in [3.63, 3.8) is 0 Å². The van der Waals surface area contributed by atoms with Gasteiger partial charge in [-0.1, -0.05) is 19.9 Å². The zero-order chi connectivity index (χ0) is 18.6. The molecule has 0 spiro atoms. The van der Waals surface area contributed by atoms with Crippen LogP contribution in [0.3, 0.4) is 0 Å². The summed E-state index contributed by atoms with van der Waals surface area (Å²) in [5.74, 6) is -5.43. The molecule has 0 unspecified atom stereocenters. The van der Waals surface area contributed by atoms with Gasteiger partial charge in [0.05, 0.1) is 0 Å². The fourth-order valence-corrected chi connectivity index (χ4v) is 3.08. The largest absolute Gasteiger partial charge is 0.356 e. The maximum absolute atomic E-state index is 13.7.